The fourth-order valence-corrected chi connectivity index (χ4v) is 4.11. The number of likely N-dealkylation sites (N-methyl/N-ethyl adjacent to an activating group) is 1. The highest BCUT2D eigenvalue weighted by molar-refractivity contribution is 6.00. The summed E-state index contributed by atoms with van der Waals surface area (Å²) >= 11 is 0. The van der Waals surface area contributed by atoms with Crippen molar-refractivity contribution in [2.45, 2.75) is 13.3 Å². The standard InChI is InChI=1S/C27H36FN5O4/c1-3-20-5-4-6-21(15-20)22-16-23(28)26(24(29)17-22)27(36)30-7-13-37-14-12-32(19-34)18-25(35)33-10-8-31(2)9-11-33/h4-6,15-17,19H,3,7-14,18,29H2,1-2H3,(H,30,36). The largest absolute Gasteiger partial charge is 0.398 e. The molecule has 0 saturated carbocycles. The van der Waals surface area contributed by atoms with Crippen molar-refractivity contribution in [1.82, 2.24) is 20.0 Å². The average Bonchev–Trinajstić information content (AvgIpc) is 2.89. The van der Waals surface area contributed by atoms with E-state index in [0.717, 1.165) is 30.6 Å². The number of benzene rings is 2. The van der Waals surface area contributed by atoms with E-state index in [2.05, 4.69) is 10.2 Å². The van der Waals surface area contributed by atoms with Crippen LogP contribution in [0.15, 0.2) is 36.4 Å². The van der Waals surface area contributed by atoms with Gasteiger partial charge in [0.25, 0.3) is 5.91 Å². The second-order valence-electron chi connectivity index (χ2n) is 9.10. The van der Waals surface area contributed by atoms with Gasteiger partial charge in [0.1, 0.15) is 5.82 Å². The van der Waals surface area contributed by atoms with Crippen molar-refractivity contribution in [3.8, 4) is 11.1 Å². The van der Waals surface area contributed by atoms with Gasteiger partial charge in [-0.2, -0.15) is 0 Å². The number of nitrogen functional groups attached to an aromatic ring is 1. The number of halogens is 1. The van der Waals surface area contributed by atoms with Gasteiger partial charge in [0, 0.05) is 45.0 Å². The maximum absolute atomic E-state index is 14.8. The van der Waals surface area contributed by atoms with Gasteiger partial charge in [-0.05, 0) is 42.3 Å². The number of ether oxygens (including phenoxy) is 1. The first kappa shape index (κ1) is 28.1. The number of anilines is 1. The first-order chi connectivity index (χ1) is 17.8. The molecular formula is C27H36FN5O4. The van der Waals surface area contributed by atoms with Crippen molar-refractivity contribution in [2.24, 2.45) is 0 Å². The number of nitrogens with two attached hydrogens (primary N) is 1. The summed E-state index contributed by atoms with van der Waals surface area (Å²) in [5.41, 5.74) is 8.44. The Morgan fingerprint density at radius 3 is 2.57 bits per heavy atom. The minimum Gasteiger partial charge on any atom is -0.398 e. The lowest BCUT2D eigenvalue weighted by Crippen LogP contribution is -2.50. The van der Waals surface area contributed by atoms with Crippen molar-refractivity contribution < 1.29 is 23.5 Å². The van der Waals surface area contributed by atoms with Crippen LogP contribution in [0, 0.1) is 5.82 Å². The Hall–Kier alpha value is -3.50. The summed E-state index contributed by atoms with van der Waals surface area (Å²) in [5.74, 6) is -1.40. The molecule has 0 aromatic heterocycles. The molecule has 37 heavy (non-hydrogen) atoms. The zero-order chi connectivity index (χ0) is 26.8. The second kappa shape index (κ2) is 13.7. The van der Waals surface area contributed by atoms with Gasteiger partial charge in [0.2, 0.25) is 12.3 Å². The summed E-state index contributed by atoms with van der Waals surface area (Å²) in [7, 11) is 2.01. The summed E-state index contributed by atoms with van der Waals surface area (Å²) in [6.07, 6.45) is 1.49. The molecule has 0 atom stereocenters. The Kier molecular flexibility index (Phi) is 10.4. The number of hydrogen-bond donors (Lipinski definition) is 2. The molecule has 0 spiro atoms. The van der Waals surface area contributed by atoms with Crippen LogP contribution in [0.3, 0.4) is 0 Å². The van der Waals surface area contributed by atoms with Gasteiger partial charge < -0.3 is 30.5 Å². The average molecular weight is 514 g/mol. The van der Waals surface area contributed by atoms with Gasteiger partial charge in [-0.25, -0.2) is 4.39 Å². The van der Waals surface area contributed by atoms with Gasteiger partial charge in [-0.1, -0.05) is 31.2 Å². The van der Waals surface area contributed by atoms with Crippen molar-refractivity contribution in [1.29, 1.82) is 0 Å². The Morgan fingerprint density at radius 1 is 1.14 bits per heavy atom. The molecule has 10 heteroatoms. The number of hydrogen-bond acceptors (Lipinski definition) is 6. The van der Waals surface area contributed by atoms with E-state index < -0.39 is 11.7 Å². The van der Waals surface area contributed by atoms with E-state index in [1.165, 1.54) is 11.0 Å². The molecule has 3 rings (SSSR count). The summed E-state index contributed by atoms with van der Waals surface area (Å²) in [5, 5.41) is 2.61. The topological polar surface area (TPSA) is 108 Å². The van der Waals surface area contributed by atoms with Gasteiger partial charge in [-0.3, -0.25) is 14.4 Å². The molecule has 1 fully saturated rings. The van der Waals surface area contributed by atoms with Crippen LogP contribution in [-0.2, 0) is 20.7 Å². The molecule has 0 aliphatic carbocycles. The molecule has 0 radical (unpaired) electrons. The van der Waals surface area contributed by atoms with E-state index in [-0.39, 0.29) is 50.0 Å². The predicted molar refractivity (Wildman–Crippen MR) is 140 cm³/mol. The summed E-state index contributed by atoms with van der Waals surface area (Å²) in [6.45, 7) is 5.72. The second-order valence-corrected chi connectivity index (χ2v) is 9.10. The van der Waals surface area contributed by atoms with Crippen molar-refractivity contribution in [2.75, 3.05) is 71.8 Å². The van der Waals surface area contributed by atoms with E-state index in [0.29, 0.717) is 25.1 Å². The van der Waals surface area contributed by atoms with Crippen LogP contribution in [0.1, 0.15) is 22.8 Å². The fourth-order valence-electron chi connectivity index (χ4n) is 4.11. The molecule has 200 valence electrons. The van der Waals surface area contributed by atoms with Gasteiger partial charge in [0.15, 0.2) is 0 Å². The van der Waals surface area contributed by atoms with Crippen LogP contribution < -0.4 is 11.1 Å². The third kappa shape index (κ3) is 7.99. The highest BCUT2D eigenvalue weighted by Gasteiger charge is 2.21. The van der Waals surface area contributed by atoms with Crippen molar-refractivity contribution in [3.05, 3.63) is 53.3 Å². The normalized spacial score (nSPS) is 13.9. The van der Waals surface area contributed by atoms with Crippen LogP contribution in [0.25, 0.3) is 11.1 Å². The van der Waals surface area contributed by atoms with E-state index in [1.807, 2.05) is 38.2 Å². The lowest BCUT2D eigenvalue weighted by Gasteiger charge is -2.33. The number of amides is 3. The number of rotatable bonds is 12. The van der Waals surface area contributed by atoms with Crippen LogP contribution in [0.4, 0.5) is 10.1 Å². The van der Waals surface area contributed by atoms with Crippen molar-refractivity contribution >= 4 is 23.9 Å². The first-order valence-corrected chi connectivity index (χ1v) is 12.5. The van der Waals surface area contributed by atoms with Crippen LogP contribution in [0.2, 0.25) is 0 Å². The lowest BCUT2D eigenvalue weighted by molar-refractivity contribution is -0.137. The Bertz CT molecular complexity index is 1070. The monoisotopic (exact) mass is 513 g/mol. The molecule has 1 saturated heterocycles. The third-order valence-electron chi connectivity index (χ3n) is 6.41. The lowest BCUT2D eigenvalue weighted by atomic mass is 9.99. The van der Waals surface area contributed by atoms with Crippen LogP contribution >= 0.6 is 0 Å². The van der Waals surface area contributed by atoms with Gasteiger partial charge in [-0.15, -0.1) is 0 Å². The molecule has 3 amide bonds. The van der Waals surface area contributed by atoms with Gasteiger partial charge in [0.05, 0.1) is 25.3 Å². The van der Waals surface area contributed by atoms with E-state index in [9.17, 15) is 18.8 Å². The number of carbonyl (C=O) groups is 3. The van der Waals surface area contributed by atoms with E-state index >= 15 is 0 Å². The minimum absolute atomic E-state index is 0.00456. The van der Waals surface area contributed by atoms with Crippen LogP contribution in [0.5, 0.6) is 0 Å². The van der Waals surface area contributed by atoms with Crippen molar-refractivity contribution in [3.63, 3.8) is 0 Å². The SMILES string of the molecule is CCc1cccc(-c2cc(N)c(C(=O)NCCOCCN(C=O)CC(=O)N3CCN(C)CC3)c(F)c2)c1. The molecule has 1 heterocycles. The molecule has 9 nitrogen and oxygen atoms in total. The van der Waals surface area contributed by atoms with E-state index in [4.69, 9.17) is 10.5 Å². The number of piperazine rings is 1. The highest BCUT2D eigenvalue weighted by Crippen LogP contribution is 2.27. The molecular weight excluding hydrogens is 477 g/mol. The van der Waals surface area contributed by atoms with Crippen LogP contribution in [-0.4, -0.2) is 99.0 Å². The Labute approximate surface area is 217 Å². The molecule has 0 unspecified atom stereocenters. The van der Waals surface area contributed by atoms with Gasteiger partial charge >= 0.3 is 0 Å². The molecule has 3 N–H and O–H groups in total. The summed E-state index contributed by atoms with van der Waals surface area (Å²) in [6, 6.07) is 10.7. The first-order valence-electron chi connectivity index (χ1n) is 12.5. The summed E-state index contributed by atoms with van der Waals surface area (Å²) in [4.78, 5) is 41.5. The zero-order valence-corrected chi connectivity index (χ0v) is 21.5. The number of aryl methyl sites for hydroxylation is 1. The predicted octanol–water partition coefficient (Wildman–Crippen LogP) is 1.62. The molecule has 1 aliphatic rings. The fraction of sp³-hybridized carbons (Fsp3) is 0.444. The Balaban J connectivity index is 1.41. The summed E-state index contributed by atoms with van der Waals surface area (Å²) < 4.78 is 20.3. The smallest absolute Gasteiger partial charge is 0.256 e. The molecule has 2 aromatic carbocycles. The maximum atomic E-state index is 14.8. The third-order valence-corrected chi connectivity index (χ3v) is 6.41. The minimum atomic E-state index is -0.693. The highest BCUT2D eigenvalue weighted by atomic mass is 19.1. The van der Waals surface area contributed by atoms with E-state index in [1.54, 1.807) is 11.0 Å². The zero-order valence-electron chi connectivity index (χ0n) is 21.5. The number of nitrogens with zero attached hydrogens (tertiary/aromatic N) is 3. The number of nitrogens with one attached hydrogen (secondary N) is 1. The molecule has 1 aliphatic heterocycles. The Morgan fingerprint density at radius 2 is 1.89 bits per heavy atom. The maximum Gasteiger partial charge on any atom is 0.256 e. The number of carbonyl (C=O) groups excluding carboxylic acids is 3. The quantitative estimate of drug-likeness (QED) is 0.254. The molecule has 2 aromatic rings. The molecule has 0 bridgehead atoms.